The molecule has 0 spiro atoms. The van der Waals surface area contributed by atoms with Crippen molar-refractivity contribution in [3.63, 3.8) is 0 Å². The van der Waals surface area contributed by atoms with Crippen LogP contribution in [0.2, 0.25) is 0 Å². The fourth-order valence-corrected chi connectivity index (χ4v) is 1.93. The van der Waals surface area contributed by atoms with E-state index < -0.39 is 0 Å². The molecule has 0 aliphatic heterocycles. The van der Waals surface area contributed by atoms with Gasteiger partial charge in [-0.25, -0.2) is 4.98 Å². The van der Waals surface area contributed by atoms with Crippen molar-refractivity contribution in [1.82, 2.24) is 9.97 Å². The Balaban J connectivity index is 1.89. The molecule has 0 radical (unpaired) electrons. The molecule has 0 atom stereocenters. The molecular formula is C10H17N3. The Kier molecular flexibility index (Phi) is 2.52. The molecular weight excluding hydrogens is 162 g/mol. The predicted octanol–water partition coefficient (Wildman–Crippen LogP) is 2.46. The summed E-state index contributed by atoms with van der Waals surface area (Å²) < 4.78 is 0. The summed E-state index contributed by atoms with van der Waals surface area (Å²) >= 11 is 0. The summed E-state index contributed by atoms with van der Waals surface area (Å²) in [4.78, 5) is 7.47. The number of aryl methyl sites for hydroxylation is 1. The van der Waals surface area contributed by atoms with Crippen LogP contribution < -0.4 is 5.32 Å². The van der Waals surface area contributed by atoms with Crippen LogP contribution >= 0.6 is 0 Å². The molecule has 13 heavy (non-hydrogen) atoms. The van der Waals surface area contributed by atoms with Crippen molar-refractivity contribution >= 4 is 5.95 Å². The van der Waals surface area contributed by atoms with Gasteiger partial charge in [0.15, 0.2) is 0 Å². The lowest BCUT2D eigenvalue weighted by atomic mass is 9.96. The van der Waals surface area contributed by atoms with Gasteiger partial charge in [-0.05, 0) is 19.8 Å². The number of nitrogens with one attached hydrogen (secondary N) is 2. The van der Waals surface area contributed by atoms with Crippen molar-refractivity contribution in [1.29, 1.82) is 0 Å². The zero-order chi connectivity index (χ0) is 9.10. The van der Waals surface area contributed by atoms with E-state index in [1.54, 1.807) is 0 Å². The first-order chi connectivity index (χ1) is 6.34. The lowest BCUT2D eigenvalue weighted by Gasteiger charge is -2.22. The van der Waals surface area contributed by atoms with Gasteiger partial charge in [-0.1, -0.05) is 19.3 Å². The van der Waals surface area contributed by atoms with Crippen LogP contribution in [-0.2, 0) is 0 Å². The minimum Gasteiger partial charge on any atom is -0.353 e. The molecule has 1 aliphatic carbocycles. The molecule has 1 heterocycles. The Morgan fingerprint density at radius 3 is 2.77 bits per heavy atom. The highest BCUT2D eigenvalue weighted by atomic mass is 15.1. The Labute approximate surface area is 79.0 Å². The molecule has 3 heteroatoms. The summed E-state index contributed by atoms with van der Waals surface area (Å²) in [5.41, 5.74) is 1.05. The molecule has 2 N–H and O–H groups in total. The first kappa shape index (κ1) is 8.60. The monoisotopic (exact) mass is 179 g/mol. The van der Waals surface area contributed by atoms with E-state index in [4.69, 9.17) is 0 Å². The van der Waals surface area contributed by atoms with Gasteiger partial charge in [0.2, 0.25) is 5.95 Å². The number of hydrogen-bond acceptors (Lipinski definition) is 2. The van der Waals surface area contributed by atoms with Crippen molar-refractivity contribution in [2.24, 2.45) is 0 Å². The third kappa shape index (κ3) is 2.23. The smallest absolute Gasteiger partial charge is 0.200 e. The second kappa shape index (κ2) is 3.81. The third-order valence-electron chi connectivity index (χ3n) is 2.65. The molecule has 1 saturated carbocycles. The molecule has 1 aliphatic rings. The van der Waals surface area contributed by atoms with Gasteiger partial charge in [-0.2, -0.15) is 0 Å². The first-order valence-electron chi connectivity index (χ1n) is 5.13. The summed E-state index contributed by atoms with van der Waals surface area (Å²) in [5.74, 6) is 0.935. The molecule has 1 aromatic heterocycles. The summed E-state index contributed by atoms with van der Waals surface area (Å²) in [6.07, 6.45) is 8.63. The standard InChI is InChI=1S/C10H17N3/c1-8-7-11-10(12-8)13-9-5-3-2-4-6-9/h7,9H,2-6H2,1H3,(H2,11,12,13). The van der Waals surface area contributed by atoms with Crippen LogP contribution in [0, 0.1) is 6.92 Å². The molecule has 72 valence electrons. The summed E-state index contributed by atoms with van der Waals surface area (Å²) in [7, 11) is 0. The van der Waals surface area contributed by atoms with E-state index >= 15 is 0 Å². The number of aromatic amines is 1. The van der Waals surface area contributed by atoms with Gasteiger partial charge >= 0.3 is 0 Å². The van der Waals surface area contributed by atoms with Crippen LogP contribution in [-0.4, -0.2) is 16.0 Å². The van der Waals surface area contributed by atoms with E-state index in [2.05, 4.69) is 15.3 Å². The van der Waals surface area contributed by atoms with E-state index in [9.17, 15) is 0 Å². The highest BCUT2D eigenvalue weighted by Gasteiger charge is 2.13. The minimum atomic E-state index is 0.638. The van der Waals surface area contributed by atoms with Crippen molar-refractivity contribution in [3.05, 3.63) is 11.9 Å². The van der Waals surface area contributed by atoms with Crippen LogP contribution in [0.5, 0.6) is 0 Å². The van der Waals surface area contributed by atoms with Crippen molar-refractivity contribution in [2.45, 2.75) is 45.1 Å². The van der Waals surface area contributed by atoms with E-state index in [-0.39, 0.29) is 0 Å². The zero-order valence-corrected chi connectivity index (χ0v) is 8.14. The largest absolute Gasteiger partial charge is 0.353 e. The number of rotatable bonds is 2. The molecule has 2 rings (SSSR count). The number of anilines is 1. The second-order valence-electron chi connectivity index (χ2n) is 3.87. The number of nitrogens with zero attached hydrogens (tertiary/aromatic N) is 1. The van der Waals surface area contributed by atoms with Gasteiger partial charge in [0, 0.05) is 12.2 Å². The van der Waals surface area contributed by atoms with Gasteiger partial charge in [0.1, 0.15) is 0 Å². The van der Waals surface area contributed by atoms with Crippen LogP contribution in [0.1, 0.15) is 37.8 Å². The lowest BCUT2D eigenvalue weighted by molar-refractivity contribution is 0.461. The Bertz CT molecular complexity index is 261. The molecule has 0 aromatic carbocycles. The lowest BCUT2D eigenvalue weighted by Crippen LogP contribution is -2.22. The average Bonchev–Trinajstić information content (AvgIpc) is 2.53. The number of aromatic nitrogens is 2. The molecule has 0 amide bonds. The van der Waals surface area contributed by atoms with Gasteiger partial charge in [-0.15, -0.1) is 0 Å². The van der Waals surface area contributed by atoms with Gasteiger partial charge in [-0.3, -0.25) is 0 Å². The van der Waals surface area contributed by atoms with E-state index in [1.807, 2.05) is 13.1 Å². The Morgan fingerprint density at radius 2 is 2.15 bits per heavy atom. The molecule has 1 fully saturated rings. The number of H-pyrrole nitrogens is 1. The van der Waals surface area contributed by atoms with Crippen LogP contribution in [0.3, 0.4) is 0 Å². The summed E-state index contributed by atoms with van der Waals surface area (Å²) in [6, 6.07) is 0.638. The summed E-state index contributed by atoms with van der Waals surface area (Å²) in [6.45, 7) is 2.00. The predicted molar refractivity (Wildman–Crippen MR) is 53.8 cm³/mol. The van der Waals surface area contributed by atoms with E-state index in [0.29, 0.717) is 6.04 Å². The Morgan fingerprint density at radius 1 is 1.38 bits per heavy atom. The number of hydrogen-bond donors (Lipinski definition) is 2. The maximum Gasteiger partial charge on any atom is 0.200 e. The second-order valence-corrected chi connectivity index (χ2v) is 3.87. The highest BCUT2D eigenvalue weighted by Crippen LogP contribution is 2.20. The molecule has 0 unspecified atom stereocenters. The molecule has 0 saturated heterocycles. The van der Waals surface area contributed by atoms with Gasteiger partial charge < -0.3 is 10.3 Å². The van der Waals surface area contributed by atoms with Crippen molar-refractivity contribution < 1.29 is 0 Å². The fraction of sp³-hybridized carbons (Fsp3) is 0.700. The SMILES string of the molecule is Cc1c[nH]c(NC2CCCCC2)n1. The normalized spacial score (nSPS) is 18.8. The fourth-order valence-electron chi connectivity index (χ4n) is 1.93. The number of imidazole rings is 1. The quantitative estimate of drug-likeness (QED) is 0.732. The third-order valence-corrected chi connectivity index (χ3v) is 2.65. The first-order valence-corrected chi connectivity index (χ1v) is 5.13. The van der Waals surface area contributed by atoms with Crippen LogP contribution in [0.4, 0.5) is 5.95 Å². The van der Waals surface area contributed by atoms with Crippen molar-refractivity contribution in [2.75, 3.05) is 5.32 Å². The molecule has 1 aromatic rings. The topological polar surface area (TPSA) is 40.7 Å². The van der Waals surface area contributed by atoms with Crippen LogP contribution in [0.25, 0.3) is 0 Å². The average molecular weight is 179 g/mol. The van der Waals surface area contributed by atoms with E-state index in [0.717, 1.165) is 11.6 Å². The van der Waals surface area contributed by atoms with Crippen LogP contribution in [0.15, 0.2) is 6.20 Å². The minimum absolute atomic E-state index is 0.638. The van der Waals surface area contributed by atoms with Gasteiger partial charge in [0.25, 0.3) is 0 Å². The van der Waals surface area contributed by atoms with Crippen molar-refractivity contribution in [3.8, 4) is 0 Å². The summed E-state index contributed by atoms with van der Waals surface area (Å²) in [5, 5.41) is 3.44. The Hall–Kier alpha value is -0.990. The highest BCUT2D eigenvalue weighted by molar-refractivity contribution is 5.27. The van der Waals surface area contributed by atoms with E-state index in [1.165, 1.54) is 32.1 Å². The molecule has 3 nitrogen and oxygen atoms in total. The zero-order valence-electron chi connectivity index (χ0n) is 8.14. The van der Waals surface area contributed by atoms with Gasteiger partial charge in [0.05, 0.1) is 5.69 Å². The maximum absolute atomic E-state index is 4.34. The maximum atomic E-state index is 4.34. The molecule has 0 bridgehead atoms.